The topological polar surface area (TPSA) is 60.5 Å². The van der Waals surface area contributed by atoms with Crippen LogP contribution in [0.4, 0.5) is 0 Å². The van der Waals surface area contributed by atoms with Gasteiger partial charge in [-0.15, -0.1) is 0 Å². The summed E-state index contributed by atoms with van der Waals surface area (Å²) >= 11 is 0. The molecule has 28 heavy (non-hydrogen) atoms. The molecule has 2 fully saturated rings. The number of hydrogen-bond acceptors (Lipinski definition) is 6. The van der Waals surface area contributed by atoms with Crippen LogP contribution in [0.1, 0.15) is 36.5 Å². The molecular weight excluding hydrogens is 370 g/mol. The molecule has 0 atom stereocenters. The summed E-state index contributed by atoms with van der Waals surface area (Å²) in [6.45, 7) is 11.2. The third-order valence-corrected chi connectivity index (χ3v) is 4.01. The van der Waals surface area contributed by atoms with E-state index in [1.165, 1.54) is 0 Å². The molecule has 2 rings (SSSR count). The van der Waals surface area contributed by atoms with Gasteiger partial charge in [0.2, 0.25) is 5.91 Å². The molecule has 2 aliphatic heterocycles. The van der Waals surface area contributed by atoms with Crippen molar-refractivity contribution in [2.45, 2.75) is 46.7 Å². The molecule has 2 heterocycles. The molecule has 7 nitrogen and oxygen atoms in total. The third-order valence-electron chi connectivity index (χ3n) is 4.01. The van der Waals surface area contributed by atoms with Crippen molar-refractivity contribution in [2.24, 2.45) is 11.8 Å². The van der Waals surface area contributed by atoms with Gasteiger partial charge in [-0.1, -0.05) is 7.43 Å². The number of carbonyl (C=O) groups is 1. The zero-order chi connectivity index (χ0) is 19.3. The second kappa shape index (κ2) is 14.4. The van der Waals surface area contributed by atoms with Crippen LogP contribution in [0.3, 0.4) is 0 Å². The second-order valence-electron chi connectivity index (χ2n) is 8.10. The summed E-state index contributed by atoms with van der Waals surface area (Å²) in [5.74, 6) is -0.474. The summed E-state index contributed by atoms with van der Waals surface area (Å²) in [4.78, 5) is 15.2. The van der Waals surface area contributed by atoms with Crippen LogP contribution in [0.25, 0.3) is 0 Å². The van der Waals surface area contributed by atoms with Crippen molar-refractivity contribution in [3.8, 4) is 0 Å². The Labute approximate surface area is 196 Å². The molecule has 0 aliphatic carbocycles. The Morgan fingerprint density at radius 2 is 1.25 bits per heavy atom. The average Bonchev–Trinajstić information content (AvgIpc) is 2.49. The third kappa shape index (κ3) is 12.9. The predicted molar refractivity (Wildman–Crippen MR) is 114 cm³/mol. The molecule has 9 heteroatoms. The van der Waals surface area contributed by atoms with E-state index >= 15 is 0 Å². The monoisotopic (exact) mass is 414 g/mol. The van der Waals surface area contributed by atoms with Gasteiger partial charge in [-0.25, -0.2) is 0 Å². The van der Waals surface area contributed by atoms with Gasteiger partial charge >= 0.3 is 18.9 Å². The largest absolute Gasteiger partial charge is 1.00 e. The Balaban J connectivity index is -0.000000190. The Kier molecular flexibility index (Phi) is 17.0. The molecule has 0 spiro atoms. The first kappa shape index (κ1) is 33.0. The molecular formula is C19H44AlLiN2O5. The predicted octanol–water partition coefficient (Wildman–Crippen LogP) is -2.01. The van der Waals surface area contributed by atoms with Crippen LogP contribution in [0.2, 0.25) is 0 Å². The van der Waals surface area contributed by atoms with Crippen molar-refractivity contribution in [2.75, 3.05) is 61.2 Å². The van der Waals surface area contributed by atoms with E-state index in [0.717, 1.165) is 19.8 Å². The van der Waals surface area contributed by atoms with Crippen LogP contribution in [0, 0.1) is 11.8 Å². The molecule has 0 saturated carbocycles. The van der Waals surface area contributed by atoms with Gasteiger partial charge in [-0.05, 0) is 41.8 Å². The first-order chi connectivity index (χ1) is 11.4. The van der Waals surface area contributed by atoms with Crippen molar-refractivity contribution < 1.29 is 44.0 Å². The molecule has 0 N–H and O–H groups in total. The maximum atomic E-state index is 11.5. The number of rotatable bonds is 3. The molecule has 164 valence electrons. The first-order valence-electron chi connectivity index (χ1n) is 8.83. The van der Waals surface area contributed by atoms with Gasteiger partial charge in [-0.2, -0.15) is 0 Å². The second-order valence-corrected chi connectivity index (χ2v) is 8.10. The molecule has 0 aromatic carbocycles. The number of amides is 1. The molecule has 2 aliphatic rings. The smallest absolute Gasteiger partial charge is 1.00 e. The molecule has 2 saturated heterocycles. The summed E-state index contributed by atoms with van der Waals surface area (Å²) in [5, 5.41) is 0. The van der Waals surface area contributed by atoms with Gasteiger partial charge in [0.25, 0.3) is 0 Å². The Morgan fingerprint density at radius 3 is 1.57 bits per heavy atom. The minimum Gasteiger partial charge on any atom is -1.00 e. The fourth-order valence-corrected chi connectivity index (χ4v) is 2.55. The van der Waals surface area contributed by atoms with Crippen molar-refractivity contribution in [1.29, 1.82) is 0 Å². The minimum atomic E-state index is -0.539. The van der Waals surface area contributed by atoms with E-state index in [4.69, 9.17) is 18.9 Å². The molecule has 0 radical (unpaired) electrons. The maximum absolute atomic E-state index is 11.5. The fraction of sp³-hybridized carbons (Fsp3) is 0.947. The van der Waals surface area contributed by atoms with Crippen LogP contribution in [0.5, 0.6) is 0 Å². The van der Waals surface area contributed by atoms with Gasteiger partial charge in [0.15, 0.2) is 28.9 Å². The SMILES string of the molecule is C.CN(C)C(=O)C1COC(C)(C)OC1.CN(C)CC1COC(C)(C)OC1.[AlH3].[H-].[Li+]. The van der Waals surface area contributed by atoms with E-state index in [1.54, 1.807) is 19.0 Å². The molecule has 0 aromatic heterocycles. The van der Waals surface area contributed by atoms with E-state index < -0.39 is 5.79 Å². The van der Waals surface area contributed by atoms with E-state index in [9.17, 15) is 4.79 Å². The number of nitrogens with zero attached hydrogens (tertiary/aromatic N) is 2. The van der Waals surface area contributed by atoms with E-state index in [-0.39, 0.29) is 62.7 Å². The zero-order valence-corrected chi connectivity index (χ0v) is 18.1. The summed E-state index contributed by atoms with van der Waals surface area (Å²) in [7, 11) is 7.61. The van der Waals surface area contributed by atoms with Crippen molar-refractivity contribution in [1.82, 2.24) is 9.80 Å². The Morgan fingerprint density at radius 1 is 0.893 bits per heavy atom. The summed E-state index contributed by atoms with van der Waals surface area (Å²) in [6, 6.07) is 0. The number of ether oxygens (including phenoxy) is 4. The van der Waals surface area contributed by atoms with Gasteiger partial charge in [0.1, 0.15) is 0 Å². The van der Waals surface area contributed by atoms with E-state index in [2.05, 4.69) is 19.0 Å². The van der Waals surface area contributed by atoms with Crippen LogP contribution in [0.15, 0.2) is 0 Å². The number of hydrogen-bond donors (Lipinski definition) is 0. The van der Waals surface area contributed by atoms with Crippen LogP contribution in [-0.4, -0.2) is 106 Å². The van der Waals surface area contributed by atoms with Crippen LogP contribution < -0.4 is 18.9 Å². The van der Waals surface area contributed by atoms with Crippen molar-refractivity contribution in [3.63, 3.8) is 0 Å². The van der Waals surface area contributed by atoms with E-state index in [1.807, 2.05) is 27.7 Å². The number of carbonyl (C=O) groups excluding carboxylic acids is 1. The van der Waals surface area contributed by atoms with Gasteiger partial charge < -0.3 is 30.2 Å². The quantitative estimate of drug-likeness (QED) is 0.498. The maximum Gasteiger partial charge on any atom is 1.00 e. The normalized spacial score (nSPS) is 21.2. The van der Waals surface area contributed by atoms with Gasteiger partial charge in [0, 0.05) is 26.6 Å². The van der Waals surface area contributed by atoms with Crippen molar-refractivity contribution in [3.05, 3.63) is 0 Å². The average molecular weight is 414 g/mol. The summed E-state index contributed by atoms with van der Waals surface area (Å²) in [5.41, 5.74) is 0. The Hall–Kier alpha value is 0.400. The van der Waals surface area contributed by atoms with Gasteiger partial charge in [0.05, 0.1) is 32.3 Å². The summed E-state index contributed by atoms with van der Waals surface area (Å²) < 4.78 is 21.8. The molecule has 1 amide bonds. The zero-order valence-electron chi connectivity index (χ0n) is 19.1. The van der Waals surface area contributed by atoms with Crippen LogP contribution >= 0.6 is 0 Å². The molecule has 0 bridgehead atoms. The standard InChI is InChI=1S/C9H17NO3.C9H19NO2.CH4.Al.Li.4H/c1-9(2)12-5-7(6-13-9)8(11)10(3)4;1-9(2)11-6-8(7-12-9)5-10(3)4;;;;;;;/h7H,5-6H2,1-4H3;8H,5-7H2,1-4H3;1H4;;;;;;/q;;;;+1;;;;-1. The molecule has 0 aromatic rings. The van der Waals surface area contributed by atoms with Crippen LogP contribution in [-0.2, 0) is 23.7 Å². The minimum absolute atomic E-state index is 0. The Bertz CT molecular complexity index is 423. The fourth-order valence-electron chi connectivity index (χ4n) is 2.55. The first-order valence-corrected chi connectivity index (χ1v) is 8.83. The van der Waals surface area contributed by atoms with Crippen molar-refractivity contribution >= 4 is 23.3 Å². The van der Waals surface area contributed by atoms with E-state index in [0.29, 0.717) is 19.1 Å². The molecule has 0 unspecified atom stereocenters. The van der Waals surface area contributed by atoms with Gasteiger partial charge in [-0.3, -0.25) is 4.79 Å². The summed E-state index contributed by atoms with van der Waals surface area (Å²) in [6.07, 6.45) is 0.